The van der Waals surface area contributed by atoms with E-state index >= 15 is 0 Å². The van der Waals surface area contributed by atoms with Crippen LogP contribution in [0.1, 0.15) is 25.5 Å². The summed E-state index contributed by atoms with van der Waals surface area (Å²) in [7, 11) is 1.33. The van der Waals surface area contributed by atoms with Crippen LogP contribution >= 0.6 is 0 Å². The lowest BCUT2D eigenvalue weighted by Crippen LogP contribution is -2.32. The van der Waals surface area contributed by atoms with Crippen molar-refractivity contribution in [1.82, 2.24) is 0 Å². The Balaban J connectivity index is 2.53. The number of aliphatic hydroxyl groups excluding tert-OH is 1. The first-order chi connectivity index (χ1) is 8.98. The van der Waals surface area contributed by atoms with Crippen molar-refractivity contribution < 1.29 is 14.6 Å². The molecule has 0 fully saturated rings. The molecule has 1 atom stereocenters. The highest BCUT2D eigenvalue weighted by Gasteiger charge is 2.38. The van der Waals surface area contributed by atoms with Gasteiger partial charge in [0.15, 0.2) is 0 Å². The van der Waals surface area contributed by atoms with Crippen LogP contribution in [0, 0.1) is 5.41 Å². The quantitative estimate of drug-likeness (QED) is 0.861. The van der Waals surface area contributed by atoms with Gasteiger partial charge in [-0.05, 0) is 30.2 Å². The molecule has 0 heterocycles. The number of hydrogen-bond acceptors (Lipinski definition) is 3. The molecule has 2 rings (SSSR count). The Labute approximate surface area is 112 Å². The Hall–Kier alpha value is -1.87. The van der Waals surface area contributed by atoms with Gasteiger partial charge in [0.1, 0.15) is 0 Å². The first-order valence-electron chi connectivity index (χ1n) is 6.22. The van der Waals surface area contributed by atoms with Crippen molar-refractivity contribution in [2.24, 2.45) is 5.41 Å². The fraction of sp³-hybridized carbons (Fsp3) is 0.312. The van der Waals surface area contributed by atoms with Gasteiger partial charge < -0.3 is 9.84 Å². The lowest BCUT2D eigenvalue weighted by atomic mass is 9.81. The Morgan fingerprint density at radius 1 is 1.16 bits per heavy atom. The first-order valence-corrected chi connectivity index (χ1v) is 6.22. The number of carbonyl (C=O) groups is 1. The van der Waals surface area contributed by atoms with E-state index in [1.54, 1.807) is 13.8 Å². The predicted octanol–water partition coefficient (Wildman–Crippen LogP) is 3.07. The summed E-state index contributed by atoms with van der Waals surface area (Å²) in [5, 5.41) is 12.5. The highest BCUT2D eigenvalue weighted by atomic mass is 16.5. The number of fused-ring (bicyclic) bond motifs is 1. The summed E-state index contributed by atoms with van der Waals surface area (Å²) < 4.78 is 4.77. The number of esters is 1. The van der Waals surface area contributed by atoms with Crippen LogP contribution in [0.25, 0.3) is 10.8 Å². The highest BCUT2D eigenvalue weighted by Crippen LogP contribution is 2.37. The fourth-order valence-corrected chi connectivity index (χ4v) is 2.25. The van der Waals surface area contributed by atoms with Gasteiger partial charge in [0.2, 0.25) is 0 Å². The smallest absolute Gasteiger partial charge is 0.314 e. The Kier molecular flexibility index (Phi) is 3.58. The van der Waals surface area contributed by atoms with Crippen LogP contribution in [0.15, 0.2) is 42.5 Å². The molecule has 0 bridgehead atoms. The van der Waals surface area contributed by atoms with Crippen LogP contribution in [-0.4, -0.2) is 18.2 Å². The van der Waals surface area contributed by atoms with Crippen molar-refractivity contribution in [3.05, 3.63) is 48.0 Å². The second-order valence-corrected chi connectivity index (χ2v) is 5.18. The summed E-state index contributed by atoms with van der Waals surface area (Å²) in [6, 6.07) is 13.5. The third-order valence-corrected chi connectivity index (χ3v) is 3.51. The van der Waals surface area contributed by atoms with Gasteiger partial charge in [-0.2, -0.15) is 0 Å². The summed E-state index contributed by atoms with van der Waals surface area (Å²) in [5.41, 5.74) is -0.243. The SMILES string of the molecule is COC(=O)C(C)(C)[C@@H](O)c1cccc2ccccc12. The lowest BCUT2D eigenvalue weighted by Gasteiger charge is -2.28. The zero-order chi connectivity index (χ0) is 14.0. The van der Waals surface area contributed by atoms with Crippen LogP contribution in [0.2, 0.25) is 0 Å². The van der Waals surface area contributed by atoms with Crippen LogP contribution in [0.4, 0.5) is 0 Å². The number of carbonyl (C=O) groups excluding carboxylic acids is 1. The van der Waals surface area contributed by atoms with E-state index in [2.05, 4.69) is 0 Å². The average Bonchev–Trinajstić information content (AvgIpc) is 2.44. The minimum absolute atomic E-state index is 0.423. The molecule has 0 spiro atoms. The number of rotatable bonds is 3. The Bertz CT molecular complexity index is 596. The van der Waals surface area contributed by atoms with E-state index < -0.39 is 17.5 Å². The number of hydrogen-bond donors (Lipinski definition) is 1. The van der Waals surface area contributed by atoms with E-state index in [1.807, 2.05) is 42.5 Å². The van der Waals surface area contributed by atoms with Crippen molar-refractivity contribution in [2.45, 2.75) is 20.0 Å². The van der Waals surface area contributed by atoms with Gasteiger partial charge in [-0.25, -0.2) is 0 Å². The normalized spacial score (nSPS) is 13.3. The van der Waals surface area contributed by atoms with E-state index in [1.165, 1.54) is 7.11 Å². The number of ether oxygens (including phenoxy) is 1. The second-order valence-electron chi connectivity index (χ2n) is 5.18. The van der Waals surface area contributed by atoms with Gasteiger partial charge in [-0.1, -0.05) is 42.5 Å². The Morgan fingerprint density at radius 3 is 2.47 bits per heavy atom. The maximum atomic E-state index is 11.8. The monoisotopic (exact) mass is 258 g/mol. The minimum atomic E-state index is -0.987. The van der Waals surface area contributed by atoms with E-state index in [0.717, 1.165) is 16.3 Å². The van der Waals surface area contributed by atoms with E-state index in [-0.39, 0.29) is 0 Å². The van der Waals surface area contributed by atoms with Gasteiger partial charge in [-0.15, -0.1) is 0 Å². The largest absolute Gasteiger partial charge is 0.469 e. The molecule has 3 heteroatoms. The van der Waals surface area contributed by atoms with Crippen LogP contribution in [0.5, 0.6) is 0 Å². The van der Waals surface area contributed by atoms with E-state index in [9.17, 15) is 9.90 Å². The predicted molar refractivity (Wildman–Crippen MR) is 74.7 cm³/mol. The minimum Gasteiger partial charge on any atom is -0.469 e. The molecule has 2 aromatic rings. The Morgan fingerprint density at radius 2 is 1.79 bits per heavy atom. The van der Waals surface area contributed by atoms with Crippen LogP contribution in [-0.2, 0) is 9.53 Å². The van der Waals surface area contributed by atoms with Crippen molar-refractivity contribution in [3.8, 4) is 0 Å². The molecule has 0 amide bonds. The van der Waals surface area contributed by atoms with Gasteiger partial charge in [0, 0.05) is 0 Å². The molecule has 0 saturated heterocycles. The zero-order valence-electron chi connectivity index (χ0n) is 11.4. The number of aliphatic hydroxyl groups is 1. The van der Waals surface area contributed by atoms with Crippen LogP contribution in [0.3, 0.4) is 0 Å². The molecule has 0 unspecified atom stereocenters. The molecular weight excluding hydrogens is 240 g/mol. The van der Waals surface area contributed by atoms with Gasteiger partial charge in [-0.3, -0.25) is 4.79 Å². The molecule has 2 aromatic carbocycles. The maximum Gasteiger partial charge on any atom is 0.314 e. The third-order valence-electron chi connectivity index (χ3n) is 3.51. The third kappa shape index (κ3) is 2.34. The van der Waals surface area contributed by atoms with Crippen molar-refractivity contribution >= 4 is 16.7 Å². The number of benzene rings is 2. The highest BCUT2D eigenvalue weighted by molar-refractivity contribution is 5.87. The number of methoxy groups -OCH3 is 1. The molecule has 0 aliphatic carbocycles. The van der Waals surface area contributed by atoms with Gasteiger partial charge in [0.05, 0.1) is 18.6 Å². The van der Waals surface area contributed by atoms with Crippen molar-refractivity contribution in [1.29, 1.82) is 0 Å². The van der Waals surface area contributed by atoms with E-state index in [0.29, 0.717) is 0 Å². The molecular formula is C16H18O3. The summed E-state index contributed by atoms with van der Waals surface area (Å²) in [6.07, 6.45) is -0.911. The first kappa shape index (κ1) is 13.6. The van der Waals surface area contributed by atoms with Crippen molar-refractivity contribution in [2.75, 3.05) is 7.11 Å². The molecule has 100 valence electrons. The average molecular weight is 258 g/mol. The van der Waals surface area contributed by atoms with Crippen molar-refractivity contribution in [3.63, 3.8) is 0 Å². The van der Waals surface area contributed by atoms with Gasteiger partial charge >= 0.3 is 5.97 Å². The summed E-state index contributed by atoms with van der Waals surface area (Å²) in [5.74, 6) is -0.423. The molecule has 0 aromatic heterocycles. The molecule has 0 radical (unpaired) electrons. The summed E-state index contributed by atoms with van der Waals surface area (Å²) >= 11 is 0. The molecule has 1 N–H and O–H groups in total. The van der Waals surface area contributed by atoms with E-state index in [4.69, 9.17) is 4.74 Å². The molecule has 0 saturated carbocycles. The maximum absolute atomic E-state index is 11.8. The standard InChI is InChI=1S/C16H18O3/c1-16(2,15(18)19-3)14(17)13-10-6-8-11-7-4-5-9-12(11)13/h4-10,14,17H,1-3H3/t14-/m0/s1. The molecule has 3 nitrogen and oxygen atoms in total. The summed E-state index contributed by atoms with van der Waals surface area (Å²) in [4.78, 5) is 11.8. The lowest BCUT2D eigenvalue weighted by molar-refractivity contribution is -0.157. The molecule has 0 aliphatic heterocycles. The molecule has 19 heavy (non-hydrogen) atoms. The molecule has 0 aliphatic rings. The fourth-order valence-electron chi connectivity index (χ4n) is 2.25. The van der Waals surface area contributed by atoms with Crippen LogP contribution < -0.4 is 0 Å². The van der Waals surface area contributed by atoms with Gasteiger partial charge in [0.25, 0.3) is 0 Å². The second kappa shape index (κ2) is 5.02. The summed E-state index contributed by atoms with van der Waals surface area (Å²) in [6.45, 7) is 3.37. The zero-order valence-corrected chi connectivity index (χ0v) is 11.4. The topological polar surface area (TPSA) is 46.5 Å².